The summed E-state index contributed by atoms with van der Waals surface area (Å²) in [6, 6.07) is 2.32. The van der Waals surface area contributed by atoms with Gasteiger partial charge in [0.15, 0.2) is 0 Å². The van der Waals surface area contributed by atoms with Gasteiger partial charge in [0.25, 0.3) is 0 Å². The Morgan fingerprint density at radius 1 is 1.40 bits per heavy atom. The Morgan fingerprint density at radius 3 is 2.47 bits per heavy atom. The van der Waals surface area contributed by atoms with Crippen LogP contribution in [0.4, 0.5) is 13.2 Å². The molecule has 0 aromatic carbocycles. The van der Waals surface area contributed by atoms with Crippen molar-refractivity contribution in [3.63, 3.8) is 0 Å². The molecule has 0 saturated carbocycles. The summed E-state index contributed by atoms with van der Waals surface area (Å²) < 4.78 is 37.2. The lowest BCUT2D eigenvalue weighted by Gasteiger charge is -2.12. The number of rotatable bonds is 2. The quantitative estimate of drug-likeness (QED) is 0.749. The van der Waals surface area contributed by atoms with Gasteiger partial charge in [-0.15, -0.1) is 0 Å². The maximum absolute atomic E-state index is 12.4. The highest BCUT2D eigenvalue weighted by atomic mass is 35.5. The fourth-order valence-corrected chi connectivity index (χ4v) is 1.34. The first-order chi connectivity index (χ1) is 6.84. The van der Waals surface area contributed by atoms with Crippen molar-refractivity contribution in [1.82, 2.24) is 4.98 Å². The fraction of sp³-hybridized carbons (Fsp3) is 0.500. The Labute approximate surface area is 91.3 Å². The van der Waals surface area contributed by atoms with Gasteiger partial charge in [0.1, 0.15) is 5.69 Å². The molecule has 0 aliphatic carbocycles. The molecular weight excluding hydrogens is 227 g/mol. The molecule has 0 radical (unpaired) electrons. The molecule has 0 spiro atoms. The van der Waals surface area contributed by atoms with Crippen LogP contribution < -0.4 is 0 Å². The van der Waals surface area contributed by atoms with Gasteiger partial charge >= 0.3 is 6.18 Å². The molecule has 0 saturated heterocycles. The first-order valence-electron chi connectivity index (χ1n) is 4.59. The van der Waals surface area contributed by atoms with Crippen LogP contribution in [0.25, 0.3) is 0 Å². The summed E-state index contributed by atoms with van der Waals surface area (Å²) in [6.07, 6.45) is -3.71. The van der Waals surface area contributed by atoms with Gasteiger partial charge < -0.3 is 0 Å². The van der Waals surface area contributed by atoms with E-state index >= 15 is 0 Å². The number of hydrogen-bond donors (Lipinski definition) is 0. The summed E-state index contributed by atoms with van der Waals surface area (Å²) in [7, 11) is 0. The van der Waals surface area contributed by atoms with Crippen LogP contribution in [0.5, 0.6) is 0 Å². The Morgan fingerprint density at radius 2 is 2.00 bits per heavy atom. The van der Waals surface area contributed by atoms with Gasteiger partial charge in [-0.3, -0.25) is 0 Å². The molecule has 0 amide bonds. The standard InChI is InChI=1S/C10H11ClF3N/c1-3-6(2)8-4-7(11)5-9(15-8)10(12,13)14/h4-6H,3H2,1-2H3. The summed E-state index contributed by atoms with van der Waals surface area (Å²) in [6.45, 7) is 3.71. The lowest BCUT2D eigenvalue weighted by Crippen LogP contribution is -2.10. The van der Waals surface area contributed by atoms with Gasteiger partial charge in [-0.25, -0.2) is 4.98 Å². The van der Waals surface area contributed by atoms with Gasteiger partial charge in [-0.2, -0.15) is 13.2 Å². The normalized spacial score (nSPS) is 14.0. The number of nitrogens with zero attached hydrogens (tertiary/aromatic N) is 1. The van der Waals surface area contributed by atoms with Crippen molar-refractivity contribution in [3.05, 3.63) is 28.5 Å². The van der Waals surface area contributed by atoms with Gasteiger partial charge in [0, 0.05) is 10.7 Å². The molecular formula is C10H11ClF3N. The Kier molecular flexibility index (Phi) is 3.60. The van der Waals surface area contributed by atoms with Gasteiger partial charge in [0.2, 0.25) is 0 Å². The summed E-state index contributed by atoms with van der Waals surface area (Å²) in [5.74, 6) is -0.0233. The topological polar surface area (TPSA) is 12.9 Å². The second kappa shape index (κ2) is 4.39. The SMILES string of the molecule is CCC(C)c1cc(Cl)cc(C(F)(F)F)n1. The Hall–Kier alpha value is -0.770. The van der Waals surface area contributed by atoms with Crippen molar-refractivity contribution in [3.8, 4) is 0 Å². The molecule has 1 nitrogen and oxygen atoms in total. The summed E-state index contributed by atoms with van der Waals surface area (Å²) in [5, 5.41) is 0.0765. The molecule has 1 rings (SSSR count). The van der Waals surface area contributed by atoms with Crippen LogP contribution in [0.1, 0.15) is 37.6 Å². The zero-order valence-corrected chi connectivity index (χ0v) is 9.15. The predicted octanol–water partition coefficient (Wildman–Crippen LogP) is 4.27. The van der Waals surface area contributed by atoms with Crippen LogP contribution >= 0.6 is 11.6 Å². The van der Waals surface area contributed by atoms with Gasteiger partial charge in [-0.1, -0.05) is 25.4 Å². The number of aromatic nitrogens is 1. The van der Waals surface area contributed by atoms with Crippen LogP contribution in [0.15, 0.2) is 12.1 Å². The predicted molar refractivity (Wildman–Crippen MR) is 53.0 cm³/mol. The third kappa shape index (κ3) is 3.09. The molecule has 84 valence electrons. The molecule has 15 heavy (non-hydrogen) atoms. The second-order valence-corrected chi connectivity index (χ2v) is 3.84. The molecule has 1 aromatic heterocycles. The van der Waals surface area contributed by atoms with E-state index in [0.717, 1.165) is 12.5 Å². The van der Waals surface area contributed by atoms with Crippen LogP contribution in [-0.4, -0.2) is 4.98 Å². The lowest BCUT2D eigenvalue weighted by molar-refractivity contribution is -0.141. The van der Waals surface area contributed by atoms with Crippen LogP contribution in [0.3, 0.4) is 0 Å². The van der Waals surface area contributed by atoms with Gasteiger partial charge in [-0.05, 0) is 24.5 Å². The van der Waals surface area contributed by atoms with Crippen molar-refractivity contribution in [2.24, 2.45) is 0 Å². The van der Waals surface area contributed by atoms with Crippen molar-refractivity contribution >= 4 is 11.6 Å². The van der Waals surface area contributed by atoms with Crippen LogP contribution in [-0.2, 0) is 6.18 Å². The Bertz CT molecular complexity index is 349. The van der Waals surface area contributed by atoms with Crippen LogP contribution in [0, 0.1) is 0 Å². The summed E-state index contributed by atoms with van der Waals surface area (Å²) >= 11 is 5.62. The molecule has 1 unspecified atom stereocenters. The Balaban J connectivity index is 3.17. The maximum atomic E-state index is 12.4. The van der Waals surface area contributed by atoms with Crippen molar-refractivity contribution in [1.29, 1.82) is 0 Å². The number of hydrogen-bond acceptors (Lipinski definition) is 1. The first kappa shape index (κ1) is 12.3. The molecule has 0 aliphatic heterocycles. The van der Waals surface area contributed by atoms with E-state index in [0.29, 0.717) is 5.69 Å². The van der Waals surface area contributed by atoms with Crippen molar-refractivity contribution in [2.45, 2.75) is 32.4 Å². The average molecular weight is 238 g/mol. The highest BCUT2D eigenvalue weighted by Gasteiger charge is 2.33. The van der Waals surface area contributed by atoms with E-state index in [9.17, 15) is 13.2 Å². The molecule has 0 N–H and O–H groups in total. The molecule has 0 fully saturated rings. The molecule has 1 atom stereocenters. The zero-order valence-electron chi connectivity index (χ0n) is 8.40. The fourth-order valence-electron chi connectivity index (χ4n) is 1.12. The molecule has 0 bridgehead atoms. The van der Waals surface area contributed by atoms with E-state index in [2.05, 4.69) is 4.98 Å². The monoisotopic (exact) mass is 237 g/mol. The minimum Gasteiger partial charge on any atom is -0.248 e. The largest absolute Gasteiger partial charge is 0.433 e. The van der Waals surface area contributed by atoms with E-state index < -0.39 is 11.9 Å². The minimum absolute atomic E-state index is 0.0233. The van der Waals surface area contributed by atoms with E-state index in [4.69, 9.17) is 11.6 Å². The van der Waals surface area contributed by atoms with Gasteiger partial charge in [0.05, 0.1) is 0 Å². The lowest BCUT2D eigenvalue weighted by atomic mass is 10.0. The molecule has 1 heterocycles. The third-order valence-electron chi connectivity index (χ3n) is 2.22. The molecule has 1 aromatic rings. The highest BCUT2D eigenvalue weighted by Crippen LogP contribution is 2.31. The maximum Gasteiger partial charge on any atom is 0.433 e. The summed E-state index contributed by atoms with van der Waals surface area (Å²) in [5.41, 5.74) is -0.539. The van der Waals surface area contributed by atoms with E-state index in [-0.39, 0.29) is 10.9 Å². The minimum atomic E-state index is -4.44. The number of pyridine rings is 1. The van der Waals surface area contributed by atoms with E-state index in [1.807, 2.05) is 13.8 Å². The second-order valence-electron chi connectivity index (χ2n) is 3.40. The number of halogens is 4. The third-order valence-corrected chi connectivity index (χ3v) is 2.44. The van der Waals surface area contributed by atoms with Crippen molar-refractivity contribution in [2.75, 3.05) is 0 Å². The molecule has 5 heteroatoms. The summed E-state index contributed by atoms with van der Waals surface area (Å²) in [4.78, 5) is 3.57. The van der Waals surface area contributed by atoms with E-state index in [1.165, 1.54) is 6.07 Å². The van der Waals surface area contributed by atoms with Crippen molar-refractivity contribution < 1.29 is 13.2 Å². The highest BCUT2D eigenvalue weighted by molar-refractivity contribution is 6.30. The number of alkyl halides is 3. The zero-order chi connectivity index (χ0) is 11.6. The van der Waals surface area contributed by atoms with Crippen LogP contribution in [0.2, 0.25) is 5.02 Å². The van der Waals surface area contributed by atoms with E-state index in [1.54, 1.807) is 0 Å². The molecule has 0 aliphatic rings. The first-order valence-corrected chi connectivity index (χ1v) is 4.97. The average Bonchev–Trinajstić information content (AvgIpc) is 2.14. The smallest absolute Gasteiger partial charge is 0.248 e.